The quantitative estimate of drug-likeness (QED) is 0.348. The fourth-order valence-electron chi connectivity index (χ4n) is 4.28. The summed E-state index contributed by atoms with van der Waals surface area (Å²) in [4.78, 5) is 30.9. The molecule has 5 rings (SSSR count). The maximum absolute atomic E-state index is 12.9. The van der Waals surface area contributed by atoms with Crippen LogP contribution in [0.25, 0.3) is 11.3 Å². The molecule has 1 saturated heterocycles. The summed E-state index contributed by atoms with van der Waals surface area (Å²) in [6, 6.07) is 19.3. The molecule has 196 valence electrons. The van der Waals surface area contributed by atoms with Crippen LogP contribution in [0.2, 0.25) is 0 Å². The van der Waals surface area contributed by atoms with E-state index in [1.807, 2.05) is 67.6 Å². The highest BCUT2D eigenvalue weighted by atomic mass is 35.5. The van der Waals surface area contributed by atoms with E-state index in [1.165, 1.54) is 5.56 Å². The molecule has 38 heavy (non-hydrogen) atoms. The number of aryl methyl sites for hydroxylation is 1. The van der Waals surface area contributed by atoms with Gasteiger partial charge in [-0.05, 0) is 67.6 Å². The van der Waals surface area contributed by atoms with E-state index < -0.39 is 0 Å². The van der Waals surface area contributed by atoms with E-state index in [9.17, 15) is 4.79 Å². The number of likely N-dealkylation sites (N-methyl/N-ethyl adjacent to an activating group) is 1. The number of carbonyl (C=O) groups is 1. The first-order valence-corrected chi connectivity index (χ1v) is 12.5. The summed E-state index contributed by atoms with van der Waals surface area (Å²) >= 11 is 0. The highest BCUT2D eigenvalue weighted by Gasteiger charge is 2.14. The number of piperazine rings is 1. The van der Waals surface area contributed by atoms with Gasteiger partial charge in [0.15, 0.2) is 0 Å². The third-order valence-electron chi connectivity index (χ3n) is 6.57. The molecule has 0 bridgehead atoms. The van der Waals surface area contributed by atoms with E-state index in [2.05, 4.69) is 42.4 Å². The molecule has 0 spiro atoms. The van der Waals surface area contributed by atoms with Crippen LogP contribution in [0.1, 0.15) is 21.5 Å². The van der Waals surface area contributed by atoms with Gasteiger partial charge in [0.05, 0.1) is 5.69 Å². The van der Waals surface area contributed by atoms with E-state index in [-0.39, 0.29) is 18.3 Å². The molecule has 2 aromatic carbocycles. The molecule has 8 nitrogen and oxygen atoms in total. The smallest absolute Gasteiger partial charge is 0.255 e. The molecule has 0 saturated carbocycles. The Hall–Kier alpha value is -3.85. The van der Waals surface area contributed by atoms with Crippen LogP contribution in [-0.2, 0) is 6.54 Å². The highest BCUT2D eigenvalue weighted by molar-refractivity contribution is 6.04. The van der Waals surface area contributed by atoms with Gasteiger partial charge in [-0.15, -0.1) is 12.4 Å². The van der Waals surface area contributed by atoms with Gasteiger partial charge in [0, 0.05) is 73.8 Å². The summed E-state index contributed by atoms with van der Waals surface area (Å²) < 4.78 is 0. The van der Waals surface area contributed by atoms with Crippen LogP contribution < -0.4 is 10.6 Å². The number of halogens is 1. The van der Waals surface area contributed by atoms with Crippen molar-refractivity contribution in [2.24, 2.45) is 0 Å². The van der Waals surface area contributed by atoms with Gasteiger partial charge in [-0.25, -0.2) is 9.97 Å². The zero-order chi connectivity index (χ0) is 25.6. The number of hydrogen-bond donors (Lipinski definition) is 2. The van der Waals surface area contributed by atoms with Crippen LogP contribution in [0.5, 0.6) is 0 Å². The molecule has 0 aliphatic carbocycles. The number of rotatable bonds is 7. The van der Waals surface area contributed by atoms with Crippen molar-refractivity contribution in [2.75, 3.05) is 43.9 Å². The molecule has 2 aromatic heterocycles. The summed E-state index contributed by atoms with van der Waals surface area (Å²) in [6.45, 7) is 7.24. The first kappa shape index (κ1) is 27.2. The van der Waals surface area contributed by atoms with E-state index in [1.54, 1.807) is 18.6 Å². The van der Waals surface area contributed by atoms with Crippen molar-refractivity contribution < 1.29 is 4.79 Å². The number of nitrogens with one attached hydrogen (secondary N) is 2. The van der Waals surface area contributed by atoms with Gasteiger partial charge in [-0.3, -0.25) is 14.7 Å². The topological polar surface area (TPSA) is 86.3 Å². The van der Waals surface area contributed by atoms with Crippen molar-refractivity contribution >= 4 is 35.6 Å². The number of amides is 1. The Morgan fingerprint density at radius 1 is 0.974 bits per heavy atom. The van der Waals surface area contributed by atoms with Crippen LogP contribution in [0.15, 0.2) is 79.3 Å². The highest BCUT2D eigenvalue weighted by Crippen LogP contribution is 2.24. The largest absolute Gasteiger partial charge is 0.324 e. The van der Waals surface area contributed by atoms with Gasteiger partial charge in [-0.1, -0.05) is 18.2 Å². The third kappa shape index (κ3) is 6.92. The molecule has 9 heteroatoms. The van der Waals surface area contributed by atoms with Crippen LogP contribution in [-0.4, -0.2) is 63.9 Å². The van der Waals surface area contributed by atoms with Crippen LogP contribution >= 0.6 is 12.4 Å². The predicted octanol–water partition coefficient (Wildman–Crippen LogP) is 5.01. The maximum Gasteiger partial charge on any atom is 0.255 e. The Balaban J connectivity index is 0.00000336. The average molecular weight is 530 g/mol. The summed E-state index contributed by atoms with van der Waals surface area (Å²) in [5, 5.41) is 6.29. The molecule has 0 unspecified atom stereocenters. The van der Waals surface area contributed by atoms with Crippen molar-refractivity contribution in [3.05, 3.63) is 95.9 Å². The van der Waals surface area contributed by atoms with Crippen molar-refractivity contribution in [1.29, 1.82) is 0 Å². The van der Waals surface area contributed by atoms with Gasteiger partial charge in [-0.2, -0.15) is 0 Å². The first-order chi connectivity index (χ1) is 18.0. The summed E-state index contributed by atoms with van der Waals surface area (Å²) in [6.07, 6.45) is 5.22. The number of pyridine rings is 1. The molecule has 1 fully saturated rings. The Morgan fingerprint density at radius 2 is 1.76 bits per heavy atom. The molecule has 1 aliphatic rings. The van der Waals surface area contributed by atoms with Crippen LogP contribution in [0.4, 0.5) is 17.3 Å². The number of hydrogen-bond acceptors (Lipinski definition) is 7. The third-order valence-corrected chi connectivity index (χ3v) is 6.57. The molecule has 1 amide bonds. The Kier molecular flexibility index (Phi) is 9.02. The molecular formula is C29H32ClN7O. The molecule has 1 aliphatic heterocycles. The number of benzene rings is 2. The number of carbonyl (C=O) groups excluding carboxylic acids is 1. The zero-order valence-corrected chi connectivity index (χ0v) is 22.4. The van der Waals surface area contributed by atoms with Gasteiger partial charge in [0.2, 0.25) is 5.95 Å². The maximum atomic E-state index is 12.9. The Morgan fingerprint density at radius 3 is 2.50 bits per heavy atom. The molecule has 4 aromatic rings. The number of aromatic nitrogens is 3. The lowest BCUT2D eigenvalue weighted by Crippen LogP contribution is -2.43. The van der Waals surface area contributed by atoms with E-state index >= 15 is 0 Å². The summed E-state index contributed by atoms with van der Waals surface area (Å²) in [5.41, 5.74) is 6.08. The molecule has 0 atom stereocenters. The average Bonchev–Trinajstić information content (AvgIpc) is 2.93. The fourth-order valence-corrected chi connectivity index (χ4v) is 4.28. The predicted molar refractivity (Wildman–Crippen MR) is 154 cm³/mol. The summed E-state index contributed by atoms with van der Waals surface area (Å²) in [7, 11) is 2.16. The number of nitrogens with zero attached hydrogens (tertiary/aromatic N) is 5. The molecule has 0 radical (unpaired) electrons. The Labute approximate surface area is 229 Å². The van der Waals surface area contributed by atoms with Crippen molar-refractivity contribution in [1.82, 2.24) is 24.8 Å². The lowest BCUT2D eigenvalue weighted by molar-refractivity contribution is 0.102. The standard InChI is InChI=1S/C29H31N7O.ClH/c1-21-5-10-25(18-27(21)34-29-31-13-11-26(33-29)24-4-3-12-30-19-24)32-28(37)23-8-6-22(7-9-23)20-36-16-14-35(2)15-17-36;/h3-13,18-19H,14-17,20H2,1-2H3,(H,32,37)(H,31,33,34);1H. The molecular weight excluding hydrogens is 498 g/mol. The normalized spacial score (nSPS) is 13.9. The molecule has 3 heterocycles. The van der Waals surface area contributed by atoms with Gasteiger partial charge >= 0.3 is 0 Å². The van der Waals surface area contributed by atoms with E-state index in [4.69, 9.17) is 0 Å². The monoisotopic (exact) mass is 529 g/mol. The minimum atomic E-state index is -0.143. The lowest BCUT2D eigenvalue weighted by Gasteiger charge is -2.32. The van der Waals surface area contributed by atoms with E-state index in [0.29, 0.717) is 17.2 Å². The lowest BCUT2D eigenvalue weighted by atomic mass is 10.1. The zero-order valence-electron chi connectivity index (χ0n) is 21.6. The SMILES string of the molecule is Cc1ccc(NC(=O)c2ccc(CN3CCN(C)CC3)cc2)cc1Nc1nccc(-c2cccnc2)n1.Cl. The van der Waals surface area contributed by atoms with Crippen LogP contribution in [0, 0.1) is 6.92 Å². The second-order valence-corrected chi connectivity index (χ2v) is 9.39. The number of anilines is 3. The van der Waals surface area contributed by atoms with Crippen molar-refractivity contribution in [3.63, 3.8) is 0 Å². The minimum Gasteiger partial charge on any atom is -0.324 e. The van der Waals surface area contributed by atoms with Crippen LogP contribution in [0.3, 0.4) is 0 Å². The Bertz CT molecular complexity index is 1360. The van der Waals surface area contributed by atoms with Gasteiger partial charge < -0.3 is 15.5 Å². The van der Waals surface area contributed by atoms with E-state index in [0.717, 1.165) is 55.2 Å². The van der Waals surface area contributed by atoms with Crippen molar-refractivity contribution in [2.45, 2.75) is 13.5 Å². The van der Waals surface area contributed by atoms with Gasteiger partial charge in [0.25, 0.3) is 5.91 Å². The van der Waals surface area contributed by atoms with Crippen molar-refractivity contribution in [3.8, 4) is 11.3 Å². The summed E-state index contributed by atoms with van der Waals surface area (Å²) in [5.74, 6) is 0.333. The first-order valence-electron chi connectivity index (χ1n) is 12.5. The fraction of sp³-hybridized carbons (Fsp3) is 0.241. The van der Waals surface area contributed by atoms with Gasteiger partial charge in [0.1, 0.15) is 0 Å². The second kappa shape index (κ2) is 12.6. The second-order valence-electron chi connectivity index (χ2n) is 9.39. The molecule has 2 N–H and O–H groups in total. The minimum absolute atomic E-state index is 0.